The van der Waals surface area contributed by atoms with Crippen LogP contribution in [0.4, 0.5) is 10.5 Å². The van der Waals surface area contributed by atoms with Crippen molar-refractivity contribution in [1.82, 2.24) is 5.43 Å². The molecule has 1 aliphatic heterocycles. The van der Waals surface area contributed by atoms with Crippen molar-refractivity contribution in [2.24, 2.45) is 0 Å². The summed E-state index contributed by atoms with van der Waals surface area (Å²) in [4.78, 5) is 11.9. The molecule has 5 heteroatoms. The molecule has 1 aromatic rings. The molecule has 1 aliphatic rings. The number of hydrogen-bond acceptors (Lipinski definition) is 4. The molecule has 0 aliphatic carbocycles. The molecule has 0 saturated carbocycles. The second-order valence-corrected chi connectivity index (χ2v) is 6.24. The topological polar surface area (TPSA) is 61.8 Å². The molecule has 22 heavy (non-hydrogen) atoms. The molecule has 0 spiro atoms. The number of aliphatic hydroxyl groups is 1. The molecule has 1 aromatic carbocycles. The Labute approximate surface area is 131 Å². The summed E-state index contributed by atoms with van der Waals surface area (Å²) in [5.41, 5.74) is 2.09. The Kier molecular flexibility index (Phi) is 4.47. The van der Waals surface area contributed by atoms with E-state index in [1.54, 1.807) is 13.8 Å². The van der Waals surface area contributed by atoms with E-state index in [1.807, 2.05) is 44.2 Å². The van der Waals surface area contributed by atoms with Crippen molar-refractivity contribution < 1.29 is 14.6 Å². The Bertz CT molecular complexity index is 565. The van der Waals surface area contributed by atoms with Crippen molar-refractivity contribution in [3.8, 4) is 0 Å². The first-order valence-electron chi connectivity index (χ1n) is 7.47. The van der Waals surface area contributed by atoms with Gasteiger partial charge in [0.2, 0.25) is 0 Å². The van der Waals surface area contributed by atoms with Crippen molar-refractivity contribution in [2.45, 2.75) is 51.9 Å². The standard InChI is InChI=1S/C17H24N2O3/c1-13(2)9-8-12-16(3)17(4,21)19(18-15(20)22-16)14-10-6-5-7-11-14/h5-7,9-11,21H,8,12H2,1-4H3,(H,18,20)/t16-,17+/m0/s1. The van der Waals surface area contributed by atoms with Crippen molar-refractivity contribution in [3.63, 3.8) is 0 Å². The third-order valence-electron chi connectivity index (χ3n) is 4.15. The van der Waals surface area contributed by atoms with Gasteiger partial charge in [0.1, 0.15) is 0 Å². The summed E-state index contributed by atoms with van der Waals surface area (Å²) in [6.07, 6.45) is 2.77. The second kappa shape index (κ2) is 6.01. The number of anilines is 1. The maximum Gasteiger partial charge on any atom is 0.426 e. The Morgan fingerprint density at radius 2 is 1.95 bits per heavy atom. The number of ether oxygens (including phenoxy) is 1. The van der Waals surface area contributed by atoms with Crippen molar-refractivity contribution in [2.75, 3.05) is 5.01 Å². The molecule has 0 aromatic heterocycles. The summed E-state index contributed by atoms with van der Waals surface area (Å²) in [6, 6.07) is 9.25. The molecule has 120 valence electrons. The van der Waals surface area contributed by atoms with Gasteiger partial charge in [-0.2, -0.15) is 0 Å². The third kappa shape index (κ3) is 3.09. The summed E-state index contributed by atoms with van der Waals surface area (Å²) in [6.45, 7) is 7.46. The normalized spacial score (nSPS) is 27.9. The number of cyclic esters (lactones) is 1. The van der Waals surface area contributed by atoms with Crippen LogP contribution in [-0.4, -0.2) is 22.5 Å². The average Bonchev–Trinajstić information content (AvgIpc) is 2.43. The van der Waals surface area contributed by atoms with Gasteiger partial charge in [0.15, 0.2) is 11.3 Å². The average molecular weight is 304 g/mol. The van der Waals surface area contributed by atoms with Gasteiger partial charge in [-0.25, -0.2) is 15.2 Å². The van der Waals surface area contributed by atoms with E-state index >= 15 is 0 Å². The maximum atomic E-state index is 11.9. The monoisotopic (exact) mass is 304 g/mol. The molecule has 0 unspecified atom stereocenters. The molecule has 1 fully saturated rings. The number of nitrogens with zero attached hydrogens (tertiary/aromatic N) is 1. The molecule has 2 N–H and O–H groups in total. The minimum Gasteiger partial charge on any atom is -0.437 e. The number of allylic oxidation sites excluding steroid dienone is 2. The number of amides is 1. The van der Waals surface area contributed by atoms with Crippen molar-refractivity contribution >= 4 is 11.8 Å². The summed E-state index contributed by atoms with van der Waals surface area (Å²) >= 11 is 0. The Balaban J connectivity index is 2.30. The number of carbonyl (C=O) groups excluding carboxylic acids is 1. The second-order valence-electron chi connectivity index (χ2n) is 6.24. The lowest BCUT2D eigenvalue weighted by molar-refractivity contribution is -0.160. The number of nitrogens with one attached hydrogen (secondary N) is 1. The molecule has 1 heterocycles. The van der Waals surface area contributed by atoms with E-state index in [0.717, 1.165) is 6.42 Å². The first-order chi connectivity index (χ1) is 10.3. The lowest BCUT2D eigenvalue weighted by Crippen LogP contribution is -2.73. The lowest BCUT2D eigenvalue weighted by atomic mass is 9.86. The number of hydrazine groups is 1. The molecular weight excluding hydrogens is 280 g/mol. The highest BCUT2D eigenvalue weighted by Crippen LogP contribution is 2.38. The van der Waals surface area contributed by atoms with Crippen LogP contribution in [0.5, 0.6) is 0 Å². The number of rotatable bonds is 4. The number of benzene rings is 1. The molecule has 0 radical (unpaired) electrons. The van der Waals surface area contributed by atoms with E-state index < -0.39 is 17.4 Å². The van der Waals surface area contributed by atoms with E-state index in [0.29, 0.717) is 12.1 Å². The fourth-order valence-electron chi connectivity index (χ4n) is 2.58. The van der Waals surface area contributed by atoms with Gasteiger partial charge in [-0.15, -0.1) is 0 Å². The fourth-order valence-corrected chi connectivity index (χ4v) is 2.58. The van der Waals surface area contributed by atoms with Crippen LogP contribution in [0.25, 0.3) is 0 Å². The number of para-hydroxylation sites is 1. The summed E-state index contributed by atoms with van der Waals surface area (Å²) in [7, 11) is 0. The lowest BCUT2D eigenvalue weighted by Gasteiger charge is -2.52. The first kappa shape index (κ1) is 16.4. The molecule has 2 rings (SSSR count). The van der Waals surface area contributed by atoms with E-state index in [2.05, 4.69) is 11.5 Å². The summed E-state index contributed by atoms with van der Waals surface area (Å²) < 4.78 is 5.45. The Morgan fingerprint density at radius 3 is 2.55 bits per heavy atom. The van der Waals surface area contributed by atoms with Gasteiger partial charge in [-0.1, -0.05) is 29.8 Å². The quantitative estimate of drug-likeness (QED) is 0.837. The van der Waals surface area contributed by atoms with E-state index in [-0.39, 0.29) is 0 Å². The van der Waals surface area contributed by atoms with Crippen LogP contribution in [0.2, 0.25) is 0 Å². The zero-order chi connectivity index (χ0) is 16.4. The van der Waals surface area contributed by atoms with Gasteiger partial charge in [-0.05, 0) is 52.7 Å². The molecular formula is C17H24N2O3. The number of carbonyl (C=O) groups is 1. The summed E-state index contributed by atoms with van der Waals surface area (Å²) in [5, 5.41) is 12.5. The van der Waals surface area contributed by atoms with Crippen LogP contribution in [0.1, 0.15) is 40.5 Å². The van der Waals surface area contributed by atoms with Crippen LogP contribution >= 0.6 is 0 Å². The Hall–Kier alpha value is -2.01. The molecule has 1 amide bonds. The minimum absolute atomic E-state index is 0.530. The Morgan fingerprint density at radius 1 is 1.32 bits per heavy atom. The zero-order valence-corrected chi connectivity index (χ0v) is 13.6. The minimum atomic E-state index is -1.38. The van der Waals surface area contributed by atoms with Gasteiger partial charge in [-0.3, -0.25) is 0 Å². The van der Waals surface area contributed by atoms with Gasteiger partial charge in [0.05, 0.1) is 5.69 Å². The van der Waals surface area contributed by atoms with Crippen LogP contribution in [0, 0.1) is 0 Å². The van der Waals surface area contributed by atoms with Crippen molar-refractivity contribution in [1.29, 1.82) is 0 Å². The van der Waals surface area contributed by atoms with Gasteiger partial charge in [0.25, 0.3) is 0 Å². The SMILES string of the molecule is CC(C)=CCC[C@]1(C)OC(=O)NN(c2ccccc2)[C@]1(C)O. The zero-order valence-electron chi connectivity index (χ0n) is 13.6. The first-order valence-corrected chi connectivity index (χ1v) is 7.47. The number of hydrogen-bond donors (Lipinski definition) is 2. The highest BCUT2D eigenvalue weighted by atomic mass is 16.6. The van der Waals surface area contributed by atoms with E-state index in [9.17, 15) is 9.90 Å². The molecule has 5 nitrogen and oxygen atoms in total. The molecule has 0 bridgehead atoms. The largest absolute Gasteiger partial charge is 0.437 e. The van der Waals surface area contributed by atoms with Crippen LogP contribution in [-0.2, 0) is 4.74 Å². The third-order valence-corrected chi connectivity index (χ3v) is 4.15. The van der Waals surface area contributed by atoms with Crippen LogP contribution < -0.4 is 10.4 Å². The van der Waals surface area contributed by atoms with E-state index in [1.165, 1.54) is 10.6 Å². The van der Waals surface area contributed by atoms with Crippen molar-refractivity contribution in [3.05, 3.63) is 42.0 Å². The predicted molar refractivity (Wildman–Crippen MR) is 86.2 cm³/mol. The summed E-state index contributed by atoms with van der Waals surface area (Å²) in [5.74, 6) is 0. The smallest absolute Gasteiger partial charge is 0.426 e. The fraction of sp³-hybridized carbons (Fsp3) is 0.471. The highest BCUT2D eigenvalue weighted by molar-refractivity contribution is 5.73. The highest BCUT2D eigenvalue weighted by Gasteiger charge is 2.54. The maximum absolute atomic E-state index is 11.9. The predicted octanol–water partition coefficient (Wildman–Crippen LogP) is 3.36. The van der Waals surface area contributed by atoms with Crippen LogP contribution in [0.3, 0.4) is 0 Å². The molecule has 1 saturated heterocycles. The van der Waals surface area contributed by atoms with Gasteiger partial charge in [0, 0.05) is 0 Å². The van der Waals surface area contributed by atoms with E-state index in [4.69, 9.17) is 4.74 Å². The van der Waals surface area contributed by atoms with Gasteiger partial charge < -0.3 is 9.84 Å². The molecule has 2 atom stereocenters. The van der Waals surface area contributed by atoms with Gasteiger partial charge >= 0.3 is 6.09 Å². The van der Waals surface area contributed by atoms with Crippen LogP contribution in [0.15, 0.2) is 42.0 Å².